The van der Waals surface area contributed by atoms with Crippen LogP contribution in [0.4, 0.5) is 10.1 Å². The van der Waals surface area contributed by atoms with Crippen LogP contribution in [0, 0.1) is 5.82 Å². The number of halogens is 1. The van der Waals surface area contributed by atoms with Crippen LogP contribution in [0.1, 0.15) is 22.7 Å². The van der Waals surface area contributed by atoms with Crippen LogP contribution in [0.15, 0.2) is 126 Å². The summed E-state index contributed by atoms with van der Waals surface area (Å²) in [7, 11) is 0.697. The Morgan fingerprint density at radius 3 is 2.02 bits per heavy atom. The number of amides is 2. The van der Waals surface area contributed by atoms with Gasteiger partial charge < -0.3 is 29.2 Å². The number of hydrogen-bond acceptors (Lipinski definition) is 8. The molecule has 53 heavy (non-hydrogen) atoms. The van der Waals surface area contributed by atoms with Gasteiger partial charge in [0.2, 0.25) is 5.91 Å². The van der Waals surface area contributed by atoms with E-state index >= 15 is 0 Å². The fourth-order valence-corrected chi connectivity index (χ4v) is 6.56. The number of carbonyl (C=O) groups excluding carboxylic acids is 2. The molecule has 0 aliphatic carbocycles. The number of methoxy groups -OCH3 is 3. The number of rotatable bonds is 17. The van der Waals surface area contributed by atoms with Gasteiger partial charge in [-0.15, -0.1) is 0 Å². The Labute approximate surface area is 308 Å². The molecule has 0 unspecified atom stereocenters. The van der Waals surface area contributed by atoms with Crippen LogP contribution in [0.2, 0.25) is 0 Å². The van der Waals surface area contributed by atoms with Crippen molar-refractivity contribution in [2.24, 2.45) is 0 Å². The highest BCUT2D eigenvalue weighted by molar-refractivity contribution is 7.92. The Balaban J connectivity index is 1.34. The predicted octanol–water partition coefficient (Wildman–Crippen LogP) is 6.16. The Kier molecular flexibility index (Phi) is 12.9. The lowest BCUT2D eigenvalue weighted by molar-refractivity contribution is -0.143. The Morgan fingerprint density at radius 2 is 1.38 bits per heavy atom. The average molecular weight is 742 g/mol. The van der Waals surface area contributed by atoms with Crippen molar-refractivity contribution >= 4 is 27.5 Å². The van der Waals surface area contributed by atoms with Gasteiger partial charge in [-0.2, -0.15) is 0 Å². The highest BCUT2D eigenvalue weighted by atomic mass is 32.2. The van der Waals surface area contributed by atoms with E-state index in [9.17, 15) is 22.4 Å². The van der Waals surface area contributed by atoms with Crippen molar-refractivity contribution in [2.45, 2.75) is 23.9 Å². The first-order valence-electron chi connectivity index (χ1n) is 16.6. The number of ether oxygens (including phenoxy) is 4. The highest BCUT2D eigenvalue weighted by Gasteiger charge is 2.32. The molecule has 0 saturated heterocycles. The number of nitrogens with zero attached hydrogens (tertiary/aromatic N) is 1. The Hall–Kier alpha value is -6.08. The Bertz CT molecular complexity index is 2080. The molecule has 2 amide bonds. The molecule has 5 aromatic rings. The monoisotopic (exact) mass is 741 g/mol. The molecule has 2 N–H and O–H groups in total. The van der Waals surface area contributed by atoms with Gasteiger partial charge in [0.25, 0.3) is 15.9 Å². The van der Waals surface area contributed by atoms with E-state index < -0.39 is 34.4 Å². The standard InChI is InChI=1S/C40H40FN3O8S/c1-49-33-16-9-29(10-17-33)26-44(38(45)27-52-34-18-20-35(21-19-34)53(47,48)43-32-14-12-31(41)13-15-32)39(30-7-5-4-6-8-30)40(46)42-24-23-28-11-22-36(50-2)37(25-28)51-3/h4-22,25,39,43H,23-24,26-27H2,1-3H3,(H,42,46)/t39-/m0/s1. The summed E-state index contributed by atoms with van der Waals surface area (Å²) in [5, 5.41) is 3.00. The molecule has 0 aromatic heterocycles. The summed E-state index contributed by atoms with van der Waals surface area (Å²) in [6, 6.07) is 31.1. The highest BCUT2D eigenvalue weighted by Crippen LogP contribution is 2.29. The molecule has 0 bridgehead atoms. The van der Waals surface area contributed by atoms with Crippen molar-refractivity contribution in [3.05, 3.63) is 144 Å². The summed E-state index contributed by atoms with van der Waals surface area (Å²) in [5.74, 6) is 0.682. The van der Waals surface area contributed by atoms with Gasteiger partial charge in [0.1, 0.15) is 23.4 Å². The topological polar surface area (TPSA) is 132 Å². The van der Waals surface area contributed by atoms with E-state index in [2.05, 4.69) is 10.0 Å². The number of nitrogens with one attached hydrogen (secondary N) is 2. The molecule has 0 fully saturated rings. The van der Waals surface area contributed by atoms with Crippen molar-refractivity contribution in [3.63, 3.8) is 0 Å². The zero-order chi connectivity index (χ0) is 37.8. The van der Waals surface area contributed by atoms with Gasteiger partial charge in [-0.3, -0.25) is 14.3 Å². The average Bonchev–Trinajstić information content (AvgIpc) is 3.18. The summed E-state index contributed by atoms with van der Waals surface area (Å²) in [5.41, 5.74) is 2.47. The van der Waals surface area contributed by atoms with Crippen LogP contribution in [0.5, 0.6) is 23.0 Å². The molecular formula is C40H40FN3O8S. The van der Waals surface area contributed by atoms with Crippen molar-refractivity contribution in [1.29, 1.82) is 0 Å². The first-order chi connectivity index (χ1) is 25.6. The smallest absolute Gasteiger partial charge is 0.261 e. The molecule has 5 aromatic carbocycles. The minimum Gasteiger partial charge on any atom is -0.497 e. The fourth-order valence-electron chi connectivity index (χ4n) is 5.50. The second-order valence-corrected chi connectivity index (χ2v) is 13.5. The molecule has 0 heterocycles. The summed E-state index contributed by atoms with van der Waals surface area (Å²) in [6.45, 7) is -0.0938. The predicted molar refractivity (Wildman–Crippen MR) is 198 cm³/mol. The van der Waals surface area contributed by atoms with Crippen LogP contribution in [-0.4, -0.2) is 59.6 Å². The molecule has 0 aliphatic heterocycles. The van der Waals surface area contributed by atoms with Crippen LogP contribution in [0.25, 0.3) is 0 Å². The maximum Gasteiger partial charge on any atom is 0.261 e. The number of benzene rings is 5. The lowest BCUT2D eigenvalue weighted by atomic mass is 10.0. The quantitative estimate of drug-likeness (QED) is 0.116. The minimum atomic E-state index is -3.98. The molecule has 5 rings (SSSR count). The van der Waals surface area contributed by atoms with Gasteiger partial charge in [0.05, 0.1) is 26.2 Å². The zero-order valence-electron chi connectivity index (χ0n) is 29.5. The maximum atomic E-state index is 14.1. The molecule has 0 radical (unpaired) electrons. The zero-order valence-corrected chi connectivity index (χ0v) is 30.3. The Morgan fingerprint density at radius 1 is 0.736 bits per heavy atom. The van der Waals surface area contributed by atoms with Gasteiger partial charge in [-0.25, -0.2) is 12.8 Å². The first kappa shape index (κ1) is 38.2. The second-order valence-electron chi connectivity index (χ2n) is 11.8. The lowest BCUT2D eigenvalue weighted by Gasteiger charge is -2.31. The number of anilines is 1. The molecule has 0 saturated carbocycles. The van der Waals surface area contributed by atoms with E-state index in [1.54, 1.807) is 63.8 Å². The van der Waals surface area contributed by atoms with Crippen LogP contribution in [0.3, 0.4) is 0 Å². The van der Waals surface area contributed by atoms with Crippen LogP contribution >= 0.6 is 0 Å². The minimum absolute atomic E-state index is 0.0597. The van der Waals surface area contributed by atoms with Crippen molar-refractivity contribution in [2.75, 3.05) is 39.2 Å². The summed E-state index contributed by atoms with van der Waals surface area (Å²) >= 11 is 0. The van der Waals surface area contributed by atoms with E-state index in [-0.39, 0.29) is 35.3 Å². The second kappa shape index (κ2) is 17.9. The van der Waals surface area contributed by atoms with E-state index in [0.717, 1.165) is 23.3 Å². The van der Waals surface area contributed by atoms with E-state index in [1.165, 1.54) is 41.3 Å². The van der Waals surface area contributed by atoms with Gasteiger partial charge in [-0.05, 0) is 95.9 Å². The van der Waals surface area contributed by atoms with Crippen LogP contribution in [-0.2, 0) is 32.6 Å². The number of carbonyl (C=O) groups is 2. The van der Waals surface area contributed by atoms with Crippen LogP contribution < -0.4 is 29.0 Å². The number of hydrogen-bond donors (Lipinski definition) is 2. The lowest BCUT2D eigenvalue weighted by Crippen LogP contribution is -2.45. The third kappa shape index (κ3) is 10.3. The maximum absolute atomic E-state index is 14.1. The van der Waals surface area contributed by atoms with Gasteiger partial charge >= 0.3 is 0 Å². The summed E-state index contributed by atoms with van der Waals surface area (Å²) < 4.78 is 63.3. The fraction of sp³-hybridized carbons (Fsp3) is 0.200. The molecular weight excluding hydrogens is 702 g/mol. The van der Waals surface area contributed by atoms with E-state index in [4.69, 9.17) is 18.9 Å². The third-order valence-corrected chi connectivity index (χ3v) is 9.66. The van der Waals surface area contributed by atoms with E-state index in [0.29, 0.717) is 29.2 Å². The molecule has 13 heteroatoms. The SMILES string of the molecule is COc1ccc(CN(C(=O)COc2ccc(S(=O)(=O)Nc3ccc(F)cc3)cc2)[C@H](C(=O)NCCc2ccc(OC)c(OC)c2)c2ccccc2)cc1. The number of sulfonamides is 1. The molecule has 0 spiro atoms. The van der Waals surface area contributed by atoms with Gasteiger partial charge in [-0.1, -0.05) is 48.5 Å². The van der Waals surface area contributed by atoms with Crippen molar-refractivity contribution in [3.8, 4) is 23.0 Å². The molecule has 276 valence electrons. The summed E-state index contributed by atoms with van der Waals surface area (Å²) in [6.07, 6.45) is 0.494. The van der Waals surface area contributed by atoms with Crippen molar-refractivity contribution in [1.82, 2.24) is 10.2 Å². The van der Waals surface area contributed by atoms with E-state index in [1.807, 2.05) is 30.3 Å². The molecule has 0 aliphatic rings. The normalized spacial score (nSPS) is 11.5. The van der Waals surface area contributed by atoms with Gasteiger partial charge in [0.15, 0.2) is 18.1 Å². The largest absolute Gasteiger partial charge is 0.497 e. The first-order valence-corrected chi connectivity index (χ1v) is 18.1. The molecule has 11 nitrogen and oxygen atoms in total. The summed E-state index contributed by atoms with van der Waals surface area (Å²) in [4.78, 5) is 29.5. The van der Waals surface area contributed by atoms with Crippen molar-refractivity contribution < 1.29 is 41.3 Å². The van der Waals surface area contributed by atoms with Gasteiger partial charge in [0, 0.05) is 18.8 Å². The third-order valence-electron chi connectivity index (χ3n) is 8.26. The molecule has 1 atom stereocenters.